The maximum absolute atomic E-state index is 12.9. The Kier molecular flexibility index (Phi) is 7.00. The Labute approximate surface area is 190 Å². The van der Waals surface area contributed by atoms with Crippen LogP contribution in [0.1, 0.15) is 47.3 Å². The molecule has 1 aromatic carbocycles. The second-order valence-electron chi connectivity index (χ2n) is 8.11. The van der Waals surface area contributed by atoms with Crippen LogP contribution in [-0.2, 0) is 22.2 Å². The third-order valence-corrected chi connectivity index (χ3v) is 7.95. The van der Waals surface area contributed by atoms with E-state index < -0.39 is 55.1 Å². The summed E-state index contributed by atoms with van der Waals surface area (Å²) in [5.74, 6) is -0.770. The molecule has 1 aromatic heterocycles. The first-order valence-corrected chi connectivity index (χ1v) is 11.6. The minimum absolute atomic E-state index is 0.0488. The molecular formula is C21H20F6N2O4S. The van der Waals surface area contributed by atoms with E-state index in [0.29, 0.717) is 12.1 Å². The van der Waals surface area contributed by atoms with Gasteiger partial charge in [0, 0.05) is 12.7 Å². The summed E-state index contributed by atoms with van der Waals surface area (Å²) < 4.78 is 102. The molecule has 1 aliphatic rings. The highest BCUT2D eigenvalue weighted by atomic mass is 32.2. The Morgan fingerprint density at radius 2 is 1.71 bits per heavy atom. The Hall–Kier alpha value is -2.67. The van der Waals surface area contributed by atoms with Crippen molar-refractivity contribution in [3.63, 3.8) is 0 Å². The van der Waals surface area contributed by atoms with Crippen molar-refractivity contribution in [3.05, 3.63) is 59.4 Å². The number of aromatic nitrogens is 1. The van der Waals surface area contributed by atoms with E-state index in [-0.39, 0.29) is 37.8 Å². The molecule has 6 nitrogen and oxygen atoms in total. The van der Waals surface area contributed by atoms with Crippen LogP contribution in [-0.4, -0.2) is 41.8 Å². The van der Waals surface area contributed by atoms with Gasteiger partial charge in [0.05, 0.1) is 26.9 Å². The summed E-state index contributed by atoms with van der Waals surface area (Å²) in [5, 5.41) is 12.1. The van der Waals surface area contributed by atoms with Crippen LogP contribution in [0, 0.1) is 0 Å². The van der Waals surface area contributed by atoms with Crippen LogP contribution in [0.3, 0.4) is 0 Å². The molecule has 2 aromatic rings. The van der Waals surface area contributed by atoms with Gasteiger partial charge in [0.1, 0.15) is 5.69 Å². The summed E-state index contributed by atoms with van der Waals surface area (Å²) in [7, 11) is -4.08. The molecule has 0 unspecified atom stereocenters. The van der Waals surface area contributed by atoms with Gasteiger partial charge in [-0.1, -0.05) is 6.07 Å². The molecule has 0 radical (unpaired) electrons. The third-order valence-electron chi connectivity index (χ3n) is 5.69. The summed E-state index contributed by atoms with van der Waals surface area (Å²) in [5.41, 5.74) is -3.88. The number of nitrogens with zero attached hydrogens (tertiary/aromatic N) is 1. The van der Waals surface area contributed by atoms with Crippen molar-refractivity contribution < 1.29 is 44.7 Å². The van der Waals surface area contributed by atoms with E-state index in [2.05, 4.69) is 10.3 Å². The highest BCUT2D eigenvalue weighted by Crippen LogP contribution is 2.36. The number of alkyl halides is 6. The SMILES string of the molecule is O=C(NCC1(O)CCC(S(=O)(=O)c2cccc(C(F)(F)F)c2)CC1)c1ccc(C(F)(F)F)nc1. The van der Waals surface area contributed by atoms with Gasteiger partial charge >= 0.3 is 12.4 Å². The molecule has 0 atom stereocenters. The standard InChI is InChI=1S/C21H20F6N2O4S/c22-20(23,24)14-2-1-3-16(10-14)34(32,33)15-6-8-19(31,9-7-15)12-29-18(30)13-4-5-17(28-11-13)21(25,26)27/h1-5,10-11,15,31H,6-9,12H2,(H,29,30). The molecule has 186 valence electrons. The van der Waals surface area contributed by atoms with E-state index in [1.54, 1.807) is 0 Å². The van der Waals surface area contributed by atoms with Gasteiger partial charge in [-0.25, -0.2) is 8.42 Å². The van der Waals surface area contributed by atoms with E-state index in [0.717, 1.165) is 30.5 Å². The van der Waals surface area contributed by atoms with E-state index in [1.807, 2.05) is 0 Å². The zero-order valence-electron chi connectivity index (χ0n) is 17.4. The normalized spacial score (nSPS) is 21.8. The number of hydrogen-bond donors (Lipinski definition) is 2. The number of hydrogen-bond acceptors (Lipinski definition) is 5. The summed E-state index contributed by atoms with van der Waals surface area (Å²) in [6.45, 7) is -0.289. The topological polar surface area (TPSA) is 96.4 Å². The van der Waals surface area contributed by atoms with E-state index >= 15 is 0 Å². The van der Waals surface area contributed by atoms with Crippen LogP contribution in [0.25, 0.3) is 0 Å². The van der Waals surface area contributed by atoms with Crippen molar-refractivity contribution in [2.75, 3.05) is 6.54 Å². The number of rotatable bonds is 5. The van der Waals surface area contributed by atoms with Gasteiger partial charge in [-0.2, -0.15) is 26.3 Å². The Bertz CT molecular complexity index is 1140. The maximum atomic E-state index is 12.9. The van der Waals surface area contributed by atoms with E-state index in [1.165, 1.54) is 0 Å². The summed E-state index contributed by atoms with van der Waals surface area (Å²) >= 11 is 0. The molecule has 1 heterocycles. The average molecular weight is 510 g/mol. The monoisotopic (exact) mass is 510 g/mol. The predicted octanol–water partition coefficient (Wildman–Crippen LogP) is 4.00. The number of sulfone groups is 1. The summed E-state index contributed by atoms with van der Waals surface area (Å²) in [6, 6.07) is 5.04. The van der Waals surface area contributed by atoms with Crippen molar-refractivity contribution in [2.45, 2.75) is 53.8 Å². The number of carbonyl (C=O) groups excluding carboxylic acids is 1. The minimum Gasteiger partial charge on any atom is -0.388 e. The fourth-order valence-electron chi connectivity index (χ4n) is 3.70. The Morgan fingerprint density at radius 1 is 1.06 bits per heavy atom. The highest BCUT2D eigenvalue weighted by molar-refractivity contribution is 7.92. The summed E-state index contributed by atoms with van der Waals surface area (Å²) in [6.07, 6.45) is -8.81. The first-order chi connectivity index (χ1) is 15.6. The van der Waals surface area contributed by atoms with Gasteiger partial charge in [0.2, 0.25) is 0 Å². The van der Waals surface area contributed by atoms with Crippen molar-refractivity contribution in [3.8, 4) is 0 Å². The van der Waals surface area contributed by atoms with Gasteiger partial charge in [0.15, 0.2) is 9.84 Å². The lowest BCUT2D eigenvalue weighted by atomic mass is 9.84. The van der Waals surface area contributed by atoms with E-state index in [4.69, 9.17) is 0 Å². The Morgan fingerprint density at radius 3 is 2.24 bits per heavy atom. The fraction of sp³-hybridized carbons (Fsp3) is 0.429. The van der Waals surface area contributed by atoms with Crippen molar-refractivity contribution in [2.24, 2.45) is 0 Å². The molecule has 0 aliphatic heterocycles. The highest BCUT2D eigenvalue weighted by Gasteiger charge is 2.40. The lowest BCUT2D eigenvalue weighted by molar-refractivity contribution is -0.141. The molecular weight excluding hydrogens is 490 g/mol. The van der Waals surface area contributed by atoms with Gasteiger partial charge < -0.3 is 10.4 Å². The van der Waals surface area contributed by atoms with Crippen molar-refractivity contribution >= 4 is 15.7 Å². The van der Waals surface area contributed by atoms with Gasteiger partial charge in [-0.3, -0.25) is 9.78 Å². The largest absolute Gasteiger partial charge is 0.433 e. The summed E-state index contributed by atoms with van der Waals surface area (Å²) in [4.78, 5) is 14.9. The minimum atomic E-state index is -4.70. The number of aliphatic hydroxyl groups is 1. The lowest BCUT2D eigenvalue weighted by Gasteiger charge is -2.35. The number of nitrogens with one attached hydrogen (secondary N) is 1. The number of amides is 1. The smallest absolute Gasteiger partial charge is 0.388 e. The molecule has 2 N–H and O–H groups in total. The number of carbonyl (C=O) groups is 1. The van der Waals surface area contributed by atoms with Gasteiger partial charge in [-0.15, -0.1) is 0 Å². The zero-order valence-corrected chi connectivity index (χ0v) is 18.3. The first-order valence-electron chi connectivity index (χ1n) is 10.1. The molecule has 1 saturated carbocycles. The molecule has 34 heavy (non-hydrogen) atoms. The van der Waals surface area contributed by atoms with Crippen molar-refractivity contribution in [1.29, 1.82) is 0 Å². The molecule has 0 spiro atoms. The molecule has 0 saturated heterocycles. The Balaban J connectivity index is 1.61. The number of benzene rings is 1. The van der Waals surface area contributed by atoms with E-state index in [9.17, 15) is 44.7 Å². The van der Waals surface area contributed by atoms with Crippen LogP contribution < -0.4 is 5.32 Å². The third kappa shape index (κ3) is 5.87. The molecule has 13 heteroatoms. The first kappa shape index (κ1) is 25.9. The van der Waals surface area contributed by atoms with Crippen LogP contribution in [0.2, 0.25) is 0 Å². The second-order valence-corrected chi connectivity index (χ2v) is 10.3. The van der Waals surface area contributed by atoms with Crippen LogP contribution in [0.5, 0.6) is 0 Å². The zero-order chi connectivity index (χ0) is 25.4. The van der Waals surface area contributed by atoms with Crippen LogP contribution in [0.4, 0.5) is 26.3 Å². The van der Waals surface area contributed by atoms with Crippen LogP contribution >= 0.6 is 0 Å². The van der Waals surface area contributed by atoms with Crippen molar-refractivity contribution in [1.82, 2.24) is 10.3 Å². The maximum Gasteiger partial charge on any atom is 0.433 e. The average Bonchev–Trinajstić information content (AvgIpc) is 2.77. The van der Waals surface area contributed by atoms with Crippen LogP contribution in [0.15, 0.2) is 47.5 Å². The molecule has 1 amide bonds. The predicted molar refractivity (Wildman–Crippen MR) is 107 cm³/mol. The fourth-order valence-corrected chi connectivity index (χ4v) is 5.50. The molecule has 3 rings (SSSR count). The lowest BCUT2D eigenvalue weighted by Crippen LogP contribution is -2.47. The van der Waals surface area contributed by atoms with Gasteiger partial charge in [-0.05, 0) is 56.0 Å². The molecule has 1 aliphatic carbocycles. The number of pyridine rings is 1. The molecule has 0 bridgehead atoms. The van der Waals surface area contributed by atoms with Gasteiger partial charge in [0.25, 0.3) is 5.91 Å². The quantitative estimate of drug-likeness (QED) is 0.593. The number of halogens is 6. The second kappa shape index (κ2) is 9.17. The molecule has 1 fully saturated rings.